The van der Waals surface area contributed by atoms with E-state index in [1.807, 2.05) is 5.51 Å². The molecule has 1 aromatic heterocycles. The van der Waals surface area contributed by atoms with Gasteiger partial charge in [-0.2, -0.15) is 0 Å². The predicted octanol–water partition coefficient (Wildman–Crippen LogP) is 1.52. The minimum atomic E-state index is 0.00217. The van der Waals surface area contributed by atoms with Crippen molar-refractivity contribution < 1.29 is 5.11 Å². The van der Waals surface area contributed by atoms with E-state index in [1.165, 1.54) is 10.6 Å². The van der Waals surface area contributed by atoms with Gasteiger partial charge in [0.05, 0.1) is 11.2 Å². The highest BCUT2D eigenvalue weighted by atomic mass is 32.1. The highest BCUT2D eigenvalue weighted by Gasteiger charge is 2.24. The lowest BCUT2D eigenvalue weighted by atomic mass is 9.93. The first kappa shape index (κ1) is 11.0. The molecule has 4 heteroatoms. The number of fused-ring (bicyclic) bond motifs is 1. The van der Waals surface area contributed by atoms with Gasteiger partial charge in [-0.25, -0.2) is 4.98 Å². The second-order valence-electron chi connectivity index (χ2n) is 5.01. The van der Waals surface area contributed by atoms with Crippen LogP contribution in [0.15, 0.2) is 5.51 Å². The minimum Gasteiger partial charge on any atom is -0.396 e. The van der Waals surface area contributed by atoms with E-state index in [2.05, 4.69) is 23.7 Å². The topological polar surface area (TPSA) is 36.4 Å². The molecule has 0 saturated carbocycles. The van der Waals surface area contributed by atoms with Crippen LogP contribution in [0.1, 0.15) is 24.4 Å². The van der Waals surface area contributed by atoms with Gasteiger partial charge in [-0.05, 0) is 0 Å². The molecule has 1 aliphatic rings. The van der Waals surface area contributed by atoms with Crippen molar-refractivity contribution in [2.45, 2.75) is 26.8 Å². The van der Waals surface area contributed by atoms with Crippen molar-refractivity contribution in [3.8, 4) is 0 Å². The van der Waals surface area contributed by atoms with Crippen LogP contribution in [0.25, 0.3) is 0 Å². The number of thiazole rings is 1. The first-order valence-electron chi connectivity index (χ1n) is 5.35. The third-order valence-corrected chi connectivity index (χ3v) is 3.70. The summed E-state index contributed by atoms with van der Waals surface area (Å²) in [7, 11) is 0. The maximum atomic E-state index is 9.24. The molecule has 0 aliphatic carbocycles. The molecule has 0 unspecified atom stereocenters. The summed E-state index contributed by atoms with van der Waals surface area (Å²) in [6.45, 7) is 7.49. The Hall–Kier alpha value is -0.450. The Labute approximate surface area is 94.8 Å². The Bertz CT molecular complexity index is 335. The van der Waals surface area contributed by atoms with Crippen molar-refractivity contribution in [1.82, 2.24) is 9.88 Å². The lowest BCUT2D eigenvalue weighted by Gasteiger charge is -2.33. The number of rotatable bonds is 3. The van der Waals surface area contributed by atoms with Crippen molar-refractivity contribution in [3.63, 3.8) is 0 Å². The summed E-state index contributed by atoms with van der Waals surface area (Å²) in [6, 6.07) is 0. The summed E-state index contributed by atoms with van der Waals surface area (Å²) in [5.74, 6) is 0. The number of aromatic nitrogens is 1. The van der Waals surface area contributed by atoms with Crippen molar-refractivity contribution >= 4 is 11.3 Å². The van der Waals surface area contributed by atoms with Crippen LogP contribution in [0, 0.1) is 5.41 Å². The van der Waals surface area contributed by atoms with Gasteiger partial charge < -0.3 is 5.11 Å². The number of nitrogens with zero attached hydrogens (tertiary/aromatic N) is 2. The Morgan fingerprint density at radius 1 is 1.60 bits per heavy atom. The molecule has 1 aliphatic heterocycles. The quantitative estimate of drug-likeness (QED) is 0.849. The zero-order chi connectivity index (χ0) is 10.9. The van der Waals surface area contributed by atoms with E-state index in [4.69, 9.17) is 0 Å². The van der Waals surface area contributed by atoms with Gasteiger partial charge in [0.25, 0.3) is 0 Å². The van der Waals surface area contributed by atoms with Crippen LogP contribution >= 0.6 is 11.3 Å². The van der Waals surface area contributed by atoms with Crippen LogP contribution in [0.2, 0.25) is 0 Å². The first-order valence-corrected chi connectivity index (χ1v) is 6.23. The lowest BCUT2D eigenvalue weighted by molar-refractivity contribution is 0.0966. The Balaban J connectivity index is 1.98. The molecule has 3 nitrogen and oxygen atoms in total. The van der Waals surface area contributed by atoms with E-state index in [-0.39, 0.29) is 12.0 Å². The molecular weight excluding hydrogens is 208 g/mol. The fraction of sp³-hybridized carbons (Fsp3) is 0.727. The molecule has 0 fully saturated rings. The average molecular weight is 226 g/mol. The third-order valence-electron chi connectivity index (χ3n) is 2.84. The van der Waals surface area contributed by atoms with Crippen LogP contribution in [0.3, 0.4) is 0 Å². The van der Waals surface area contributed by atoms with E-state index >= 15 is 0 Å². The molecule has 0 amide bonds. The molecule has 0 radical (unpaired) electrons. The van der Waals surface area contributed by atoms with Crippen molar-refractivity contribution in [3.05, 3.63) is 16.1 Å². The molecule has 2 rings (SSSR count). The van der Waals surface area contributed by atoms with Crippen molar-refractivity contribution in [2.24, 2.45) is 5.41 Å². The van der Waals surface area contributed by atoms with Crippen LogP contribution < -0.4 is 0 Å². The van der Waals surface area contributed by atoms with Crippen LogP contribution in [0.5, 0.6) is 0 Å². The Kier molecular flexibility index (Phi) is 3.09. The molecule has 1 N–H and O–H groups in total. The number of aliphatic hydroxyl groups is 1. The number of hydrogen-bond acceptors (Lipinski definition) is 4. The van der Waals surface area contributed by atoms with Gasteiger partial charge in [0.1, 0.15) is 0 Å². The molecule has 0 saturated heterocycles. The largest absolute Gasteiger partial charge is 0.396 e. The van der Waals surface area contributed by atoms with Gasteiger partial charge >= 0.3 is 0 Å². The molecule has 2 heterocycles. The first-order chi connectivity index (χ1) is 7.11. The fourth-order valence-electron chi connectivity index (χ4n) is 1.96. The zero-order valence-electron chi connectivity index (χ0n) is 9.36. The summed E-state index contributed by atoms with van der Waals surface area (Å²) in [4.78, 5) is 8.16. The van der Waals surface area contributed by atoms with Crippen LogP contribution in [-0.4, -0.2) is 34.7 Å². The standard InChI is InChI=1S/C11H18N2OS/c1-11(2,7-14)6-13-4-3-9-10(5-13)15-8-12-9/h8,14H,3-7H2,1-2H3. The van der Waals surface area contributed by atoms with Gasteiger partial charge in [-0.3, -0.25) is 4.90 Å². The summed E-state index contributed by atoms with van der Waals surface area (Å²) in [6.07, 6.45) is 1.06. The SMILES string of the molecule is CC(C)(CO)CN1CCc2ncsc2C1. The lowest BCUT2D eigenvalue weighted by Crippen LogP contribution is -2.39. The molecule has 0 atom stereocenters. The highest BCUT2D eigenvalue weighted by Crippen LogP contribution is 2.24. The summed E-state index contributed by atoms with van der Waals surface area (Å²) in [5.41, 5.74) is 3.21. The van der Waals surface area contributed by atoms with E-state index in [1.54, 1.807) is 11.3 Å². The number of hydrogen-bond donors (Lipinski definition) is 1. The van der Waals surface area contributed by atoms with Crippen LogP contribution in [-0.2, 0) is 13.0 Å². The second kappa shape index (κ2) is 4.20. The molecule has 15 heavy (non-hydrogen) atoms. The van der Waals surface area contributed by atoms with Crippen LogP contribution in [0.4, 0.5) is 0 Å². The van der Waals surface area contributed by atoms with Crippen molar-refractivity contribution in [2.75, 3.05) is 19.7 Å². The maximum absolute atomic E-state index is 9.24. The summed E-state index contributed by atoms with van der Waals surface area (Å²) < 4.78 is 0. The Morgan fingerprint density at radius 2 is 2.40 bits per heavy atom. The third kappa shape index (κ3) is 2.56. The average Bonchev–Trinajstić information content (AvgIpc) is 2.64. The molecule has 1 aromatic rings. The molecule has 84 valence electrons. The molecule has 0 spiro atoms. The van der Waals surface area contributed by atoms with E-state index < -0.39 is 0 Å². The van der Waals surface area contributed by atoms with Crippen molar-refractivity contribution in [1.29, 1.82) is 0 Å². The molecule has 0 bridgehead atoms. The van der Waals surface area contributed by atoms with Gasteiger partial charge in [0.2, 0.25) is 0 Å². The predicted molar refractivity (Wildman–Crippen MR) is 62.0 cm³/mol. The fourth-order valence-corrected chi connectivity index (χ4v) is 2.82. The van der Waals surface area contributed by atoms with E-state index in [0.29, 0.717) is 0 Å². The second-order valence-corrected chi connectivity index (χ2v) is 5.94. The maximum Gasteiger partial charge on any atom is 0.0798 e. The normalized spacial score (nSPS) is 17.8. The smallest absolute Gasteiger partial charge is 0.0798 e. The number of aliphatic hydroxyl groups excluding tert-OH is 1. The van der Waals surface area contributed by atoms with E-state index in [0.717, 1.165) is 26.1 Å². The van der Waals surface area contributed by atoms with Gasteiger partial charge in [-0.15, -0.1) is 11.3 Å². The highest BCUT2D eigenvalue weighted by molar-refractivity contribution is 7.09. The summed E-state index contributed by atoms with van der Waals surface area (Å²) in [5, 5.41) is 9.24. The monoisotopic (exact) mass is 226 g/mol. The van der Waals surface area contributed by atoms with Gasteiger partial charge in [-0.1, -0.05) is 13.8 Å². The van der Waals surface area contributed by atoms with Gasteiger partial charge in [0, 0.05) is 43.0 Å². The Morgan fingerprint density at radius 3 is 3.13 bits per heavy atom. The van der Waals surface area contributed by atoms with Gasteiger partial charge in [0.15, 0.2) is 0 Å². The zero-order valence-corrected chi connectivity index (χ0v) is 10.2. The molecular formula is C11H18N2OS. The minimum absolute atomic E-state index is 0.00217. The molecule has 0 aromatic carbocycles. The van der Waals surface area contributed by atoms with E-state index in [9.17, 15) is 5.11 Å². The summed E-state index contributed by atoms with van der Waals surface area (Å²) >= 11 is 1.75.